The first-order chi connectivity index (χ1) is 12.5. The Labute approximate surface area is 149 Å². The van der Waals surface area contributed by atoms with Crippen molar-refractivity contribution >= 4 is 28.7 Å². The van der Waals surface area contributed by atoms with Gasteiger partial charge in [0.25, 0.3) is 0 Å². The first kappa shape index (κ1) is 15.8. The van der Waals surface area contributed by atoms with Crippen LogP contribution < -0.4 is 11.5 Å². The molecule has 5 nitrogen and oxygen atoms in total. The number of fused-ring (bicyclic) bond motifs is 2. The van der Waals surface area contributed by atoms with Gasteiger partial charge in [0.2, 0.25) is 0 Å². The van der Waals surface area contributed by atoms with Gasteiger partial charge in [-0.3, -0.25) is 14.4 Å². The summed E-state index contributed by atoms with van der Waals surface area (Å²) in [5.74, 6) is -1.06. The van der Waals surface area contributed by atoms with Gasteiger partial charge in [-0.15, -0.1) is 0 Å². The van der Waals surface area contributed by atoms with Gasteiger partial charge in [0.1, 0.15) is 0 Å². The van der Waals surface area contributed by atoms with Crippen LogP contribution in [-0.4, -0.2) is 17.3 Å². The van der Waals surface area contributed by atoms with Gasteiger partial charge >= 0.3 is 0 Å². The predicted molar refractivity (Wildman–Crippen MR) is 98.4 cm³/mol. The Morgan fingerprint density at radius 1 is 0.692 bits per heavy atom. The van der Waals surface area contributed by atoms with E-state index in [0.717, 1.165) is 0 Å². The fourth-order valence-electron chi connectivity index (χ4n) is 3.23. The van der Waals surface area contributed by atoms with Crippen LogP contribution in [0.25, 0.3) is 0 Å². The van der Waals surface area contributed by atoms with Gasteiger partial charge in [-0.2, -0.15) is 0 Å². The van der Waals surface area contributed by atoms with Gasteiger partial charge in [0.05, 0.1) is 16.9 Å². The summed E-state index contributed by atoms with van der Waals surface area (Å²) < 4.78 is 0. The van der Waals surface area contributed by atoms with Crippen molar-refractivity contribution in [2.75, 3.05) is 11.5 Å². The molecular formula is C21H14N2O3. The van der Waals surface area contributed by atoms with E-state index in [-0.39, 0.29) is 45.4 Å². The number of hydrogen-bond donors (Lipinski definition) is 2. The maximum Gasteiger partial charge on any atom is 0.196 e. The molecule has 0 radical (unpaired) electrons. The Morgan fingerprint density at radius 3 is 1.92 bits per heavy atom. The van der Waals surface area contributed by atoms with E-state index >= 15 is 0 Å². The first-order valence-electron chi connectivity index (χ1n) is 8.01. The van der Waals surface area contributed by atoms with E-state index in [1.165, 1.54) is 6.07 Å². The average Bonchev–Trinajstić information content (AvgIpc) is 2.68. The van der Waals surface area contributed by atoms with E-state index in [4.69, 9.17) is 11.5 Å². The molecule has 0 saturated heterocycles. The lowest BCUT2D eigenvalue weighted by Crippen LogP contribution is -2.24. The molecule has 4 rings (SSSR count). The van der Waals surface area contributed by atoms with Crippen molar-refractivity contribution in [3.05, 3.63) is 94.0 Å². The summed E-state index contributed by atoms with van der Waals surface area (Å²) in [5.41, 5.74) is 13.4. The molecule has 1 aliphatic rings. The maximum atomic E-state index is 12.9. The number of hydrogen-bond acceptors (Lipinski definition) is 5. The van der Waals surface area contributed by atoms with Crippen LogP contribution in [0.3, 0.4) is 0 Å². The van der Waals surface area contributed by atoms with Crippen molar-refractivity contribution in [3.8, 4) is 0 Å². The lowest BCUT2D eigenvalue weighted by molar-refractivity contribution is 0.0979. The number of benzene rings is 3. The quantitative estimate of drug-likeness (QED) is 0.431. The zero-order valence-electron chi connectivity index (χ0n) is 13.7. The van der Waals surface area contributed by atoms with E-state index < -0.39 is 0 Å². The van der Waals surface area contributed by atoms with Gasteiger partial charge in [-0.05, 0) is 6.07 Å². The van der Waals surface area contributed by atoms with Crippen LogP contribution in [0.2, 0.25) is 0 Å². The van der Waals surface area contributed by atoms with Gasteiger partial charge < -0.3 is 11.5 Å². The number of rotatable bonds is 2. The molecule has 0 atom stereocenters. The Bertz CT molecular complexity index is 1100. The average molecular weight is 342 g/mol. The van der Waals surface area contributed by atoms with E-state index in [1.54, 1.807) is 54.6 Å². The van der Waals surface area contributed by atoms with Crippen LogP contribution in [0.4, 0.5) is 11.4 Å². The standard InChI is InChI=1S/C21H14N2O3/c22-17-15(19(24)11-6-2-1-3-7-11)10-14-16(18(17)23)21(26)13-9-5-4-8-12(13)20(14)25/h1-10H,22-23H2. The zero-order chi connectivity index (χ0) is 18.4. The van der Waals surface area contributed by atoms with Crippen LogP contribution in [0, 0.1) is 0 Å². The van der Waals surface area contributed by atoms with Crippen LogP contribution >= 0.6 is 0 Å². The number of anilines is 2. The highest BCUT2D eigenvalue weighted by molar-refractivity contribution is 6.32. The van der Waals surface area contributed by atoms with Crippen LogP contribution in [0.15, 0.2) is 60.7 Å². The second-order valence-corrected chi connectivity index (χ2v) is 6.07. The summed E-state index contributed by atoms with van der Waals surface area (Å²) in [6.45, 7) is 0. The van der Waals surface area contributed by atoms with E-state index in [9.17, 15) is 14.4 Å². The fourth-order valence-corrected chi connectivity index (χ4v) is 3.23. The van der Waals surface area contributed by atoms with Gasteiger partial charge in [0, 0.05) is 27.8 Å². The van der Waals surface area contributed by atoms with Crippen molar-refractivity contribution in [1.82, 2.24) is 0 Å². The molecule has 126 valence electrons. The zero-order valence-corrected chi connectivity index (χ0v) is 13.7. The molecule has 0 fully saturated rings. The van der Waals surface area contributed by atoms with E-state index in [2.05, 4.69) is 0 Å². The lowest BCUT2D eigenvalue weighted by atomic mass is 9.81. The molecule has 0 saturated carbocycles. The normalized spacial score (nSPS) is 12.5. The number of ketones is 3. The minimum Gasteiger partial charge on any atom is -0.396 e. The van der Waals surface area contributed by atoms with Crippen LogP contribution in [0.5, 0.6) is 0 Å². The molecule has 0 amide bonds. The first-order valence-corrected chi connectivity index (χ1v) is 8.01. The fraction of sp³-hybridized carbons (Fsp3) is 0. The summed E-state index contributed by atoms with van der Waals surface area (Å²) >= 11 is 0. The van der Waals surface area contributed by atoms with Crippen molar-refractivity contribution in [3.63, 3.8) is 0 Å². The molecule has 26 heavy (non-hydrogen) atoms. The highest BCUT2D eigenvalue weighted by atomic mass is 16.1. The summed E-state index contributed by atoms with van der Waals surface area (Å²) in [5, 5.41) is 0. The molecule has 4 N–H and O–H groups in total. The number of carbonyl (C=O) groups excluding carboxylic acids is 3. The van der Waals surface area contributed by atoms with Gasteiger partial charge in [-0.25, -0.2) is 0 Å². The number of nitrogens with two attached hydrogens (primary N) is 2. The molecule has 0 bridgehead atoms. The molecule has 0 aromatic heterocycles. The number of nitrogen functional groups attached to an aromatic ring is 2. The topological polar surface area (TPSA) is 103 Å². The SMILES string of the molecule is Nc1c(C(=O)c2ccccc2)cc2c(c1N)C(=O)c1ccccc1C2=O. The molecule has 3 aromatic rings. The van der Waals surface area contributed by atoms with E-state index in [1.807, 2.05) is 0 Å². The largest absolute Gasteiger partial charge is 0.396 e. The lowest BCUT2D eigenvalue weighted by Gasteiger charge is -2.21. The molecule has 0 spiro atoms. The highest BCUT2D eigenvalue weighted by Gasteiger charge is 2.33. The molecular weight excluding hydrogens is 328 g/mol. The van der Waals surface area contributed by atoms with Crippen LogP contribution in [-0.2, 0) is 0 Å². The van der Waals surface area contributed by atoms with Gasteiger partial charge in [0.15, 0.2) is 17.3 Å². The van der Waals surface area contributed by atoms with Crippen molar-refractivity contribution in [1.29, 1.82) is 0 Å². The predicted octanol–water partition coefficient (Wildman–Crippen LogP) is 2.86. The monoisotopic (exact) mass is 342 g/mol. The van der Waals surface area contributed by atoms with Gasteiger partial charge in [-0.1, -0.05) is 54.6 Å². The van der Waals surface area contributed by atoms with Crippen LogP contribution in [0.1, 0.15) is 47.8 Å². The summed E-state index contributed by atoms with van der Waals surface area (Å²) in [6, 6.07) is 16.5. The highest BCUT2D eigenvalue weighted by Crippen LogP contribution is 2.36. The van der Waals surface area contributed by atoms with Crippen molar-refractivity contribution in [2.45, 2.75) is 0 Å². The molecule has 0 aliphatic heterocycles. The smallest absolute Gasteiger partial charge is 0.196 e. The Kier molecular flexibility index (Phi) is 3.44. The van der Waals surface area contributed by atoms with Crippen molar-refractivity contribution in [2.24, 2.45) is 0 Å². The minimum atomic E-state index is -0.363. The molecule has 5 heteroatoms. The Balaban J connectivity index is 1.95. The third-order valence-electron chi connectivity index (χ3n) is 4.58. The third kappa shape index (κ3) is 2.14. The third-order valence-corrected chi connectivity index (χ3v) is 4.58. The molecule has 1 aliphatic carbocycles. The molecule has 0 heterocycles. The molecule has 0 unspecified atom stereocenters. The summed E-state index contributed by atoms with van der Waals surface area (Å²) in [7, 11) is 0. The maximum absolute atomic E-state index is 12.9. The Hall–Kier alpha value is -3.73. The molecule has 3 aromatic carbocycles. The second-order valence-electron chi connectivity index (χ2n) is 6.07. The number of carbonyl (C=O) groups is 3. The van der Waals surface area contributed by atoms with E-state index in [0.29, 0.717) is 16.7 Å². The van der Waals surface area contributed by atoms with Crippen molar-refractivity contribution < 1.29 is 14.4 Å². The second kappa shape index (κ2) is 5.67. The Morgan fingerprint density at radius 2 is 1.27 bits per heavy atom. The summed E-state index contributed by atoms with van der Waals surface area (Å²) in [6.07, 6.45) is 0. The minimum absolute atomic E-state index is 0.0122. The summed E-state index contributed by atoms with van der Waals surface area (Å²) in [4.78, 5) is 38.5.